The van der Waals surface area contributed by atoms with Gasteiger partial charge in [0.1, 0.15) is 0 Å². The van der Waals surface area contributed by atoms with Gasteiger partial charge in [0.25, 0.3) is 0 Å². The summed E-state index contributed by atoms with van der Waals surface area (Å²) in [5.41, 5.74) is 0. The summed E-state index contributed by atoms with van der Waals surface area (Å²) in [6, 6.07) is 0. The Bertz CT molecular complexity index is 8.00. The Morgan fingerprint density at radius 2 is 1.25 bits per heavy atom. The summed E-state index contributed by atoms with van der Waals surface area (Å²) < 4.78 is 0. The van der Waals surface area contributed by atoms with E-state index in [4.69, 9.17) is 0 Å². The van der Waals surface area contributed by atoms with E-state index in [0.717, 1.165) is 0 Å². The molecule has 0 aromatic rings. The van der Waals surface area contributed by atoms with Crippen molar-refractivity contribution >= 4 is 19.8 Å². The van der Waals surface area contributed by atoms with Crippen LogP contribution in [-0.4, -0.2) is 0 Å². The summed E-state index contributed by atoms with van der Waals surface area (Å²) in [7, 11) is 3.11. The van der Waals surface area contributed by atoms with Gasteiger partial charge in [0.2, 0.25) is 0 Å². The zero-order valence-corrected chi connectivity index (χ0v) is 5.53. The molecule has 0 fully saturated rings. The van der Waals surface area contributed by atoms with Gasteiger partial charge in [-0.1, -0.05) is 0 Å². The molecule has 0 heterocycles. The SMILES string of the molecule is [Br-].[Li+].[P]=S. The molecule has 0 aliphatic rings. The minimum absolute atomic E-state index is 0. The molecular weight excluding hydrogens is 150 g/mol. The third-order valence-corrected chi connectivity index (χ3v) is 0. The molecule has 1 radical (unpaired) electrons. The van der Waals surface area contributed by atoms with E-state index in [1.54, 1.807) is 0 Å². The zero-order chi connectivity index (χ0) is 2.00. The van der Waals surface area contributed by atoms with Crippen molar-refractivity contribution in [3.05, 3.63) is 0 Å². The fourth-order valence-electron chi connectivity index (χ4n) is 0. The van der Waals surface area contributed by atoms with Crippen molar-refractivity contribution in [3.63, 3.8) is 0 Å². The molecule has 0 unspecified atom stereocenters. The van der Waals surface area contributed by atoms with Crippen molar-refractivity contribution in [2.75, 3.05) is 0 Å². The first kappa shape index (κ1) is 17.5. The second-order valence-electron chi connectivity index (χ2n) is 0. The summed E-state index contributed by atoms with van der Waals surface area (Å²) in [5.74, 6) is 0. The van der Waals surface area contributed by atoms with Crippen LogP contribution in [0.5, 0.6) is 0 Å². The molecule has 0 aliphatic heterocycles. The van der Waals surface area contributed by atoms with Crippen LogP contribution in [-0.2, 0) is 11.8 Å². The van der Waals surface area contributed by atoms with Crippen LogP contribution in [0.2, 0.25) is 0 Å². The van der Waals surface area contributed by atoms with Crippen LogP contribution >= 0.6 is 8.02 Å². The fraction of sp³-hybridized carbons (Fsp3) is 0. The van der Waals surface area contributed by atoms with Crippen molar-refractivity contribution < 1.29 is 35.8 Å². The Labute approximate surface area is 55.5 Å². The second-order valence-corrected chi connectivity index (χ2v) is 0. The Hall–Kier alpha value is 1.60. The van der Waals surface area contributed by atoms with Gasteiger partial charge in [-0.15, -0.1) is 0 Å². The maximum atomic E-state index is 3.78. The molecule has 0 saturated carbocycles. The van der Waals surface area contributed by atoms with Gasteiger partial charge in [0.15, 0.2) is 0 Å². The molecule has 19 valence electrons. The number of hydrogen-bond acceptors (Lipinski definition) is 1. The van der Waals surface area contributed by atoms with Crippen LogP contribution in [0.25, 0.3) is 0 Å². The number of hydrogen-bond donors (Lipinski definition) is 0. The van der Waals surface area contributed by atoms with E-state index < -0.39 is 0 Å². The minimum Gasteiger partial charge on any atom is -1.00 e. The Kier molecular flexibility index (Phi) is 102. The molecule has 0 atom stereocenters. The second kappa shape index (κ2) is 23.3. The van der Waals surface area contributed by atoms with Crippen molar-refractivity contribution in [3.8, 4) is 0 Å². The topological polar surface area (TPSA) is 0 Å². The quantitative estimate of drug-likeness (QED) is 0.246. The summed E-state index contributed by atoms with van der Waals surface area (Å²) in [4.78, 5) is 0. The first-order valence-corrected chi connectivity index (χ1v) is 1.64. The first-order chi connectivity index (χ1) is 1.00. The van der Waals surface area contributed by atoms with Gasteiger partial charge in [0.05, 0.1) is 0 Å². The van der Waals surface area contributed by atoms with E-state index in [1.807, 2.05) is 0 Å². The maximum Gasteiger partial charge on any atom is 1.00 e. The van der Waals surface area contributed by atoms with E-state index in [0.29, 0.717) is 0 Å². The van der Waals surface area contributed by atoms with Gasteiger partial charge in [-0.2, -0.15) is 0 Å². The minimum atomic E-state index is 0. The van der Waals surface area contributed by atoms with Crippen molar-refractivity contribution in [1.29, 1.82) is 0 Å². The molecule has 0 aromatic heterocycles. The van der Waals surface area contributed by atoms with Crippen LogP contribution in [0.15, 0.2) is 0 Å². The van der Waals surface area contributed by atoms with Crippen LogP contribution in [0.3, 0.4) is 0 Å². The van der Waals surface area contributed by atoms with Crippen LogP contribution in [0, 0.1) is 0 Å². The smallest absolute Gasteiger partial charge is 1.00 e. The standard InChI is InChI=1S/BrH.Li.PS/c;;1-2/h1H;;/q;+1;/p-1. The molecule has 0 spiro atoms. The molecule has 0 bridgehead atoms. The monoisotopic (exact) mass is 149 g/mol. The normalized spacial score (nSPS) is 1.00. The molecule has 0 rings (SSSR count). The van der Waals surface area contributed by atoms with Gasteiger partial charge in [-0.05, 0) is 11.8 Å². The van der Waals surface area contributed by atoms with Gasteiger partial charge in [-0.25, -0.2) is 0 Å². The number of halogens is 1. The van der Waals surface area contributed by atoms with E-state index in [1.165, 1.54) is 0 Å². The molecule has 0 aliphatic carbocycles. The summed E-state index contributed by atoms with van der Waals surface area (Å²) in [6.07, 6.45) is 0. The van der Waals surface area contributed by atoms with Gasteiger partial charge in [0, 0.05) is 8.02 Å². The average Bonchev–Trinajstić information content (AvgIpc) is 1.00. The van der Waals surface area contributed by atoms with E-state index in [-0.39, 0.29) is 35.8 Å². The van der Waals surface area contributed by atoms with Crippen LogP contribution < -0.4 is 35.8 Å². The molecule has 0 aromatic carbocycles. The predicted molar refractivity (Wildman–Crippen MR) is 14.3 cm³/mol. The van der Waals surface area contributed by atoms with E-state index in [2.05, 4.69) is 19.8 Å². The molecule has 0 N–H and O–H groups in total. The van der Waals surface area contributed by atoms with Crippen LogP contribution in [0.4, 0.5) is 0 Å². The third-order valence-electron chi connectivity index (χ3n) is 0. The molecular formula is BrLiPS. The average molecular weight is 150 g/mol. The van der Waals surface area contributed by atoms with Crippen molar-refractivity contribution in [1.82, 2.24) is 0 Å². The predicted octanol–water partition coefficient (Wildman–Crippen LogP) is -5.13. The third kappa shape index (κ3) is 9.51. The Balaban J connectivity index is -0.00000000500. The van der Waals surface area contributed by atoms with E-state index >= 15 is 0 Å². The summed E-state index contributed by atoms with van der Waals surface area (Å²) in [5, 5.41) is 0. The number of rotatable bonds is 0. The van der Waals surface area contributed by atoms with Gasteiger partial charge in [-0.3, -0.25) is 0 Å². The largest absolute Gasteiger partial charge is 1.00 e. The van der Waals surface area contributed by atoms with Crippen LogP contribution in [0.1, 0.15) is 0 Å². The van der Waals surface area contributed by atoms with Gasteiger partial charge >= 0.3 is 18.9 Å². The summed E-state index contributed by atoms with van der Waals surface area (Å²) in [6.45, 7) is 0. The van der Waals surface area contributed by atoms with Gasteiger partial charge < -0.3 is 17.0 Å². The molecule has 0 amide bonds. The Morgan fingerprint density at radius 3 is 1.25 bits per heavy atom. The van der Waals surface area contributed by atoms with Crippen molar-refractivity contribution in [2.24, 2.45) is 0 Å². The summed E-state index contributed by atoms with van der Waals surface area (Å²) >= 11 is 3.78. The fourth-order valence-corrected chi connectivity index (χ4v) is 0. The van der Waals surface area contributed by atoms with E-state index in [9.17, 15) is 0 Å². The molecule has 0 nitrogen and oxygen atoms in total. The Morgan fingerprint density at radius 1 is 1.25 bits per heavy atom. The maximum absolute atomic E-state index is 3.78. The first-order valence-electron chi connectivity index (χ1n) is 0.183. The molecule has 4 heavy (non-hydrogen) atoms. The molecule has 4 heteroatoms. The molecule has 0 saturated heterocycles. The zero-order valence-electron chi connectivity index (χ0n) is 2.23. The van der Waals surface area contributed by atoms with Crippen molar-refractivity contribution in [2.45, 2.75) is 0 Å².